The van der Waals surface area contributed by atoms with Crippen LogP contribution in [0.15, 0.2) is 0 Å². The van der Waals surface area contributed by atoms with E-state index in [1.165, 1.54) is 0 Å². The van der Waals surface area contributed by atoms with Gasteiger partial charge in [-0.05, 0) is 18.4 Å². The number of rotatable bonds is 3. The summed E-state index contributed by atoms with van der Waals surface area (Å²) in [6.07, 6.45) is 0.238. The molecule has 4 nitrogen and oxygen atoms in total. The summed E-state index contributed by atoms with van der Waals surface area (Å²) in [6.45, 7) is 7.33. The summed E-state index contributed by atoms with van der Waals surface area (Å²) in [5.41, 5.74) is -0.353. The highest BCUT2D eigenvalue weighted by molar-refractivity contribution is 5.73. The standard InChI is InChI=1S/C10H19NO3/c1-10(2,3)8(9(12)13)14-7-4-5-11-6-7/h7-8,11H,4-6H2,1-3H3,(H,12,13). The Morgan fingerprint density at radius 3 is 2.57 bits per heavy atom. The Hall–Kier alpha value is -0.610. The van der Waals surface area contributed by atoms with Crippen LogP contribution in [0.2, 0.25) is 0 Å². The van der Waals surface area contributed by atoms with Crippen molar-refractivity contribution in [3.8, 4) is 0 Å². The molecular formula is C10H19NO3. The molecule has 0 aromatic heterocycles. The summed E-state index contributed by atoms with van der Waals surface area (Å²) in [4.78, 5) is 11.0. The largest absolute Gasteiger partial charge is 0.479 e. The minimum atomic E-state index is -0.871. The Labute approximate surface area is 84.6 Å². The Balaban J connectivity index is 2.55. The minimum Gasteiger partial charge on any atom is -0.479 e. The van der Waals surface area contributed by atoms with Gasteiger partial charge in [-0.1, -0.05) is 20.8 Å². The molecule has 2 atom stereocenters. The first-order valence-electron chi connectivity index (χ1n) is 5.00. The van der Waals surface area contributed by atoms with Crippen LogP contribution >= 0.6 is 0 Å². The summed E-state index contributed by atoms with van der Waals surface area (Å²) >= 11 is 0. The number of ether oxygens (including phenoxy) is 1. The van der Waals surface area contributed by atoms with Gasteiger partial charge < -0.3 is 15.2 Å². The lowest BCUT2D eigenvalue weighted by molar-refractivity contribution is -0.162. The molecule has 0 spiro atoms. The van der Waals surface area contributed by atoms with Crippen LogP contribution in [-0.2, 0) is 9.53 Å². The average molecular weight is 201 g/mol. The van der Waals surface area contributed by atoms with Crippen molar-refractivity contribution in [3.63, 3.8) is 0 Å². The van der Waals surface area contributed by atoms with E-state index in [1.807, 2.05) is 20.8 Å². The molecule has 14 heavy (non-hydrogen) atoms. The average Bonchev–Trinajstić information content (AvgIpc) is 2.48. The van der Waals surface area contributed by atoms with Gasteiger partial charge in [-0.25, -0.2) is 4.79 Å². The number of hydrogen-bond acceptors (Lipinski definition) is 3. The molecule has 1 aliphatic rings. The molecule has 1 fully saturated rings. The van der Waals surface area contributed by atoms with Crippen molar-refractivity contribution in [2.45, 2.75) is 39.4 Å². The van der Waals surface area contributed by atoms with Crippen LogP contribution in [-0.4, -0.2) is 36.4 Å². The summed E-state index contributed by atoms with van der Waals surface area (Å²) in [5, 5.41) is 12.2. The lowest BCUT2D eigenvalue weighted by Crippen LogP contribution is -2.40. The molecule has 0 amide bonds. The van der Waals surface area contributed by atoms with Gasteiger partial charge in [0.05, 0.1) is 6.10 Å². The Morgan fingerprint density at radius 1 is 1.57 bits per heavy atom. The minimum absolute atomic E-state index is 0.0512. The van der Waals surface area contributed by atoms with Crippen LogP contribution in [0.5, 0.6) is 0 Å². The quantitative estimate of drug-likeness (QED) is 0.711. The summed E-state index contributed by atoms with van der Waals surface area (Å²) in [7, 11) is 0. The highest BCUT2D eigenvalue weighted by Gasteiger charge is 2.34. The topological polar surface area (TPSA) is 58.6 Å². The predicted molar refractivity (Wildman–Crippen MR) is 53.2 cm³/mol. The normalized spacial score (nSPS) is 24.9. The van der Waals surface area contributed by atoms with Crippen molar-refractivity contribution in [1.82, 2.24) is 5.32 Å². The molecule has 0 bridgehead atoms. The number of carboxylic acids is 1. The highest BCUT2D eigenvalue weighted by Crippen LogP contribution is 2.24. The predicted octanol–water partition coefficient (Wildman–Crippen LogP) is 0.864. The third-order valence-electron chi connectivity index (χ3n) is 2.35. The molecule has 0 saturated carbocycles. The third kappa shape index (κ3) is 2.96. The van der Waals surface area contributed by atoms with Gasteiger partial charge in [0, 0.05) is 6.54 Å². The summed E-state index contributed by atoms with van der Waals surface area (Å²) < 4.78 is 5.58. The maximum absolute atomic E-state index is 11.0. The van der Waals surface area contributed by atoms with E-state index in [0.29, 0.717) is 0 Å². The van der Waals surface area contributed by atoms with Crippen molar-refractivity contribution in [1.29, 1.82) is 0 Å². The molecule has 82 valence electrons. The molecule has 0 aromatic rings. The first-order chi connectivity index (χ1) is 6.41. The molecule has 1 saturated heterocycles. The molecule has 1 rings (SSSR count). The van der Waals surface area contributed by atoms with Crippen molar-refractivity contribution in [3.05, 3.63) is 0 Å². The van der Waals surface area contributed by atoms with Gasteiger partial charge in [-0.15, -0.1) is 0 Å². The molecule has 4 heteroatoms. The number of nitrogens with one attached hydrogen (secondary N) is 1. The maximum Gasteiger partial charge on any atom is 0.333 e. The zero-order valence-corrected chi connectivity index (χ0v) is 9.04. The lowest BCUT2D eigenvalue weighted by atomic mass is 9.89. The third-order valence-corrected chi connectivity index (χ3v) is 2.35. The van der Waals surface area contributed by atoms with Crippen molar-refractivity contribution >= 4 is 5.97 Å². The zero-order chi connectivity index (χ0) is 10.8. The van der Waals surface area contributed by atoms with Gasteiger partial charge in [-0.3, -0.25) is 0 Å². The Kier molecular flexibility index (Phi) is 3.50. The van der Waals surface area contributed by atoms with E-state index < -0.39 is 12.1 Å². The van der Waals surface area contributed by atoms with Crippen LogP contribution < -0.4 is 5.32 Å². The summed E-state index contributed by atoms with van der Waals surface area (Å²) in [5.74, 6) is -0.871. The zero-order valence-electron chi connectivity index (χ0n) is 9.04. The van der Waals surface area contributed by atoms with Gasteiger partial charge >= 0.3 is 5.97 Å². The van der Waals surface area contributed by atoms with E-state index >= 15 is 0 Å². The fourth-order valence-electron chi connectivity index (χ4n) is 1.57. The number of carboxylic acid groups (broad SMARTS) is 1. The van der Waals surface area contributed by atoms with Crippen LogP contribution in [0.1, 0.15) is 27.2 Å². The SMILES string of the molecule is CC(C)(C)C(OC1CCNC1)C(=O)O. The van der Waals surface area contributed by atoms with Gasteiger partial charge in [-0.2, -0.15) is 0 Å². The molecule has 2 unspecified atom stereocenters. The van der Waals surface area contributed by atoms with Crippen LogP contribution in [0.25, 0.3) is 0 Å². The first-order valence-corrected chi connectivity index (χ1v) is 5.00. The van der Waals surface area contributed by atoms with E-state index in [4.69, 9.17) is 9.84 Å². The Bertz CT molecular complexity index is 204. The second-order valence-electron chi connectivity index (χ2n) is 4.84. The molecule has 1 heterocycles. The monoisotopic (exact) mass is 201 g/mol. The lowest BCUT2D eigenvalue weighted by Gasteiger charge is -2.29. The van der Waals surface area contributed by atoms with Crippen molar-refractivity contribution < 1.29 is 14.6 Å². The molecule has 0 aromatic carbocycles. The fraction of sp³-hybridized carbons (Fsp3) is 0.900. The molecule has 0 aliphatic carbocycles. The molecule has 2 N–H and O–H groups in total. The number of hydrogen-bond donors (Lipinski definition) is 2. The highest BCUT2D eigenvalue weighted by atomic mass is 16.5. The molecule has 0 radical (unpaired) electrons. The Morgan fingerprint density at radius 2 is 2.21 bits per heavy atom. The maximum atomic E-state index is 11.0. The smallest absolute Gasteiger partial charge is 0.333 e. The summed E-state index contributed by atoms with van der Waals surface area (Å²) in [6, 6.07) is 0. The van der Waals surface area contributed by atoms with Crippen LogP contribution in [0.3, 0.4) is 0 Å². The fourth-order valence-corrected chi connectivity index (χ4v) is 1.57. The van der Waals surface area contributed by atoms with E-state index in [9.17, 15) is 4.79 Å². The van der Waals surface area contributed by atoms with Gasteiger partial charge in [0.15, 0.2) is 6.10 Å². The van der Waals surface area contributed by atoms with Gasteiger partial charge in [0.25, 0.3) is 0 Å². The van der Waals surface area contributed by atoms with Crippen LogP contribution in [0, 0.1) is 5.41 Å². The second-order valence-corrected chi connectivity index (χ2v) is 4.84. The number of aliphatic carboxylic acids is 1. The number of carbonyl (C=O) groups is 1. The van der Waals surface area contributed by atoms with Crippen molar-refractivity contribution in [2.75, 3.05) is 13.1 Å². The second kappa shape index (κ2) is 4.28. The van der Waals surface area contributed by atoms with E-state index in [0.717, 1.165) is 19.5 Å². The van der Waals surface area contributed by atoms with Crippen LogP contribution in [0.4, 0.5) is 0 Å². The molecule has 1 aliphatic heterocycles. The van der Waals surface area contributed by atoms with E-state index in [-0.39, 0.29) is 11.5 Å². The van der Waals surface area contributed by atoms with Gasteiger partial charge in [0.2, 0.25) is 0 Å². The first kappa shape index (κ1) is 11.5. The van der Waals surface area contributed by atoms with Crippen molar-refractivity contribution in [2.24, 2.45) is 5.41 Å². The van der Waals surface area contributed by atoms with Gasteiger partial charge in [0.1, 0.15) is 0 Å². The van der Waals surface area contributed by atoms with E-state index in [1.54, 1.807) is 0 Å². The van der Waals surface area contributed by atoms with E-state index in [2.05, 4.69) is 5.32 Å². The molecular weight excluding hydrogens is 182 g/mol.